The fraction of sp³-hybridized carbons (Fsp3) is 0.409. The molecule has 1 spiro atoms. The molecule has 30 heavy (non-hydrogen) atoms. The predicted molar refractivity (Wildman–Crippen MR) is 111 cm³/mol. The quantitative estimate of drug-likeness (QED) is 0.833. The lowest BCUT2D eigenvalue weighted by atomic mass is 9.87. The maximum Gasteiger partial charge on any atom is 0.273 e. The highest BCUT2D eigenvalue weighted by atomic mass is 16.7. The molecule has 1 fully saturated rings. The minimum absolute atomic E-state index is 0.0804. The molecule has 0 saturated carbocycles. The summed E-state index contributed by atoms with van der Waals surface area (Å²) in [6.07, 6.45) is 1.88. The summed E-state index contributed by atoms with van der Waals surface area (Å²) in [7, 11) is 1.59. The number of likely N-dealkylation sites (tertiary alicyclic amines) is 1. The van der Waals surface area contributed by atoms with Crippen molar-refractivity contribution in [3.05, 3.63) is 47.4 Å². The van der Waals surface area contributed by atoms with Gasteiger partial charge in [0.1, 0.15) is 23.0 Å². The number of methoxy groups -OCH3 is 1. The van der Waals surface area contributed by atoms with Gasteiger partial charge in [0.25, 0.3) is 11.8 Å². The number of hydrogen-bond acceptors (Lipinski definition) is 6. The van der Waals surface area contributed by atoms with Crippen LogP contribution in [0, 0.1) is 13.8 Å². The smallest absolute Gasteiger partial charge is 0.273 e. The molecule has 4 rings (SSSR count). The number of carbonyl (C=O) groups is 2. The summed E-state index contributed by atoms with van der Waals surface area (Å²) in [6.45, 7) is 4.64. The van der Waals surface area contributed by atoms with Gasteiger partial charge in [-0.3, -0.25) is 9.59 Å². The van der Waals surface area contributed by atoms with Crippen LogP contribution in [-0.4, -0.2) is 48.2 Å². The Bertz CT molecular complexity index is 995. The Morgan fingerprint density at radius 3 is 2.67 bits per heavy atom. The number of ether oxygens (including phenoxy) is 1. The van der Waals surface area contributed by atoms with E-state index in [9.17, 15) is 9.59 Å². The molecule has 0 aliphatic carbocycles. The van der Waals surface area contributed by atoms with E-state index in [0.29, 0.717) is 53.7 Å². The summed E-state index contributed by atoms with van der Waals surface area (Å²) in [5, 5.41) is 6.88. The summed E-state index contributed by atoms with van der Waals surface area (Å²) in [5.74, 6) is 1.65. The highest BCUT2D eigenvalue weighted by molar-refractivity contribution is 6.43. The molecular weight excluding hydrogens is 386 g/mol. The van der Waals surface area contributed by atoms with Gasteiger partial charge in [-0.1, -0.05) is 5.16 Å². The minimum atomic E-state index is -0.660. The van der Waals surface area contributed by atoms with Gasteiger partial charge in [0.15, 0.2) is 5.60 Å². The van der Waals surface area contributed by atoms with Gasteiger partial charge in [0.05, 0.1) is 19.2 Å². The summed E-state index contributed by atoms with van der Waals surface area (Å²) in [5.41, 5.74) is 0.889. The van der Waals surface area contributed by atoms with E-state index in [1.54, 1.807) is 49.3 Å². The largest absolute Gasteiger partial charge is 0.497 e. The molecule has 2 aromatic rings. The van der Waals surface area contributed by atoms with E-state index in [0.717, 1.165) is 12.8 Å². The molecule has 2 aliphatic heterocycles. The van der Waals surface area contributed by atoms with Gasteiger partial charge in [-0.2, -0.15) is 0 Å². The molecule has 1 unspecified atom stereocenters. The zero-order valence-electron chi connectivity index (χ0n) is 17.4. The Hall–Kier alpha value is -3.29. The van der Waals surface area contributed by atoms with Gasteiger partial charge in [0, 0.05) is 18.7 Å². The number of benzene rings is 1. The maximum absolute atomic E-state index is 13.0. The number of rotatable bonds is 4. The lowest BCUT2D eigenvalue weighted by Gasteiger charge is -2.38. The third kappa shape index (κ3) is 3.90. The minimum Gasteiger partial charge on any atom is -0.497 e. The van der Waals surface area contributed by atoms with E-state index in [1.165, 1.54) is 0 Å². The fourth-order valence-corrected chi connectivity index (χ4v) is 4.02. The van der Waals surface area contributed by atoms with Crippen LogP contribution in [0.4, 0.5) is 5.69 Å². The van der Waals surface area contributed by atoms with Gasteiger partial charge in [-0.15, -0.1) is 0 Å². The average Bonchev–Trinajstić information content (AvgIpc) is 3.30. The molecule has 2 aliphatic rings. The third-order valence-corrected chi connectivity index (χ3v) is 5.55. The summed E-state index contributed by atoms with van der Waals surface area (Å²) in [4.78, 5) is 33.1. The fourth-order valence-electron chi connectivity index (χ4n) is 4.02. The van der Waals surface area contributed by atoms with Crippen molar-refractivity contribution in [3.63, 3.8) is 0 Å². The average molecular weight is 411 g/mol. The number of nitrogens with one attached hydrogen (secondary N) is 1. The molecule has 3 heterocycles. The molecule has 1 N–H and O–H groups in total. The van der Waals surface area contributed by atoms with Crippen LogP contribution in [0.15, 0.2) is 39.9 Å². The third-order valence-electron chi connectivity index (χ3n) is 5.55. The highest BCUT2D eigenvalue weighted by Crippen LogP contribution is 2.34. The standard InChI is InChI=1S/C22H25N3O5/c1-14-11-18(15(2)29-14)21(27)25-10-4-9-22(13-25)12-19(24-30-22)20(26)23-16-5-7-17(28-3)8-6-16/h5-8,11H,4,9-10,12-13H2,1-3H3,(H,23,26). The van der Waals surface area contributed by atoms with Crippen molar-refractivity contribution < 1.29 is 23.6 Å². The van der Waals surface area contributed by atoms with E-state index in [2.05, 4.69) is 10.5 Å². The zero-order valence-corrected chi connectivity index (χ0v) is 17.4. The van der Waals surface area contributed by atoms with E-state index in [1.807, 2.05) is 6.92 Å². The summed E-state index contributed by atoms with van der Waals surface area (Å²) in [6, 6.07) is 8.83. The van der Waals surface area contributed by atoms with Crippen molar-refractivity contribution in [1.29, 1.82) is 0 Å². The molecule has 1 aromatic carbocycles. The molecular formula is C22H25N3O5. The number of furan rings is 1. The van der Waals surface area contributed by atoms with Crippen LogP contribution < -0.4 is 10.1 Å². The van der Waals surface area contributed by atoms with Gasteiger partial charge < -0.3 is 24.2 Å². The first-order valence-electron chi connectivity index (χ1n) is 9.96. The second-order valence-electron chi connectivity index (χ2n) is 7.83. The molecule has 8 heteroatoms. The molecule has 1 aromatic heterocycles. The first-order valence-corrected chi connectivity index (χ1v) is 9.96. The lowest BCUT2D eigenvalue weighted by molar-refractivity contribution is -0.110. The SMILES string of the molecule is COc1ccc(NC(=O)C2=NOC3(CCCN(C(=O)c4cc(C)oc4C)C3)C2)cc1. The zero-order chi connectivity index (χ0) is 21.3. The van der Waals surface area contributed by atoms with Gasteiger partial charge in [0.2, 0.25) is 0 Å². The van der Waals surface area contributed by atoms with Gasteiger partial charge in [-0.25, -0.2) is 0 Å². The topological polar surface area (TPSA) is 93.4 Å². The van der Waals surface area contributed by atoms with Crippen LogP contribution in [0.5, 0.6) is 5.75 Å². The molecule has 2 amide bonds. The maximum atomic E-state index is 13.0. The second-order valence-corrected chi connectivity index (χ2v) is 7.83. The van der Waals surface area contributed by atoms with Crippen LogP contribution in [0.25, 0.3) is 0 Å². The lowest BCUT2D eigenvalue weighted by Crippen LogP contribution is -2.50. The molecule has 1 saturated heterocycles. The van der Waals surface area contributed by atoms with Crippen molar-refractivity contribution in [2.75, 3.05) is 25.5 Å². The number of aryl methyl sites for hydroxylation is 2. The van der Waals surface area contributed by atoms with Crippen molar-refractivity contribution in [2.24, 2.45) is 5.16 Å². The van der Waals surface area contributed by atoms with Crippen molar-refractivity contribution >= 4 is 23.2 Å². The Labute approximate surface area is 174 Å². The number of amides is 2. The predicted octanol–water partition coefficient (Wildman–Crippen LogP) is 3.29. The number of hydrogen-bond donors (Lipinski definition) is 1. The number of carbonyl (C=O) groups excluding carboxylic acids is 2. The Kier molecular flexibility index (Phi) is 5.24. The van der Waals surface area contributed by atoms with Crippen molar-refractivity contribution in [1.82, 2.24) is 4.90 Å². The van der Waals surface area contributed by atoms with E-state index in [-0.39, 0.29) is 11.8 Å². The summed E-state index contributed by atoms with van der Waals surface area (Å²) < 4.78 is 10.6. The van der Waals surface area contributed by atoms with Gasteiger partial charge in [-0.05, 0) is 57.0 Å². The van der Waals surface area contributed by atoms with Crippen LogP contribution >= 0.6 is 0 Å². The van der Waals surface area contributed by atoms with Gasteiger partial charge >= 0.3 is 0 Å². The molecule has 1 atom stereocenters. The second kappa shape index (κ2) is 7.85. The molecule has 158 valence electrons. The molecule has 8 nitrogen and oxygen atoms in total. The monoisotopic (exact) mass is 411 g/mol. The summed E-state index contributed by atoms with van der Waals surface area (Å²) >= 11 is 0. The Morgan fingerprint density at radius 2 is 2.00 bits per heavy atom. The first-order chi connectivity index (χ1) is 14.4. The van der Waals surface area contributed by atoms with Crippen molar-refractivity contribution in [3.8, 4) is 5.75 Å². The van der Waals surface area contributed by atoms with Crippen LogP contribution in [0.2, 0.25) is 0 Å². The number of piperidine rings is 1. The highest BCUT2D eigenvalue weighted by Gasteiger charge is 2.46. The molecule has 0 radical (unpaired) electrons. The Morgan fingerprint density at radius 1 is 1.23 bits per heavy atom. The van der Waals surface area contributed by atoms with Crippen molar-refractivity contribution in [2.45, 2.75) is 38.7 Å². The Balaban J connectivity index is 1.40. The van der Waals surface area contributed by atoms with Crippen LogP contribution in [0.3, 0.4) is 0 Å². The van der Waals surface area contributed by atoms with E-state index in [4.69, 9.17) is 14.0 Å². The van der Waals surface area contributed by atoms with E-state index < -0.39 is 5.60 Å². The number of nitrogens with zero attached hydrogens (tertiary/aromatic N) is 2. The normalized spacial score (nSPS) is 20.6. The number of oxime groups is 1. The first kappa shape index (κ1) is 20.0. The number of anilines is 1. The molecule has 0 bridgehead atoms. The van der Waals surface area contributed by atoms with Crippen LogP contribution in [-0.2, 0) is 9.63 Å². The van der Waals surface area contributed by atoms with Crippen LogP contribution in [0.1, 0.15) is 41.1 Å². The van der Waals surface area contributed by atoms with E-state index >= 15 is 0 Å².